The third-order valence-electron chi connectivity index (χ3n) is 3.37. The van der Waals surface area contributed by atoms with Gasteiger partial charge in [-0.1, -0.05) is 46.0 Å². The van der Waals surface area contributed by atoms with E-state index < -0.39 is 12.1 Å². The van der Waals surface area contributed by atoms with Gasteiger partial charge in [0, 0.05) is 0 Å². The van der Waals surface area contributed by atoms with Crippen molar-refractivity contribution >= 4 is 23.8 Å². The predicted octanol–water partition coefficient (Wildman–Crippen LogP) is 4.15. The normalized spacial score (nSPS) is 11.8. The number of thioether (sulfide) groups is 1. The van der Waals surface area contributed by atoms with Crippen LogP contribution in [0.1, 0.15) is 65.2 Å². The van der Waals surface area contributed by atoms with Gasteiger partial charge in [0.1, 0.15) is 6.04 Å². The lowest BCUT2D eigenvalue weighted by Gasteiger charge is -2.17. The van der Waals surface area contributed by atoms with Crippen LogP contribution in [0.25, 0.3) is 0 Å². The van der Waals surface area contributed by atoms with Crippen LogP contribution < -0.4 is 5.32 Å². The topological polar surface area (TPSA) is 64.6 Å². The zero-order valence-corrected chi connectivity index (χ0v) is 15.7. The Hall–Kier alpha value is -0.910. The first kappa shape index (κ1) is 22.1. The van der Waals surface area contributed by atoms with Crippen molar-refractivity contribution in [3.05, 3.63) is 0 Å². The second kappa shape index (κ2) is 16.0. The third kappa shape index (κ3) is 13.2. The fourth-order valence-electron chi connectivity index (χ4n) is 2.02. The molecule has 0 fully saturated rings. The van der Waals surface area contributed by atoms with Gasteiger partial charge in [-0.05, 0) is 31.3 Å². The van der Waals surface area contributed by atoms with E-state index in [2.05, 4.69) is 12.2 Å². The average molecular weight is 348 g/mol. The molecule has 0 heterocycles. The first-order chi connectivity index (χ1) is 11.2. The highest BCUT2D eigenvalue weighted by molar-refractivity contribution is 7.98. The minimum absolute atomic E-state index is 0.355. The summed E-state index contributed by atoms with van der Waals surface area (Å²) in [6.45, 7) is 4.89. The Morgan fingerprint density at radius 3 is 2.30 bits per heavy atom. The summed E-state index contributed by atoms with van der Waals surface area (Å²) in [6.07, 6.45) is 9.60. The summed E-state index contributed by atoms with van der Waals surface area (Å²) in [5.41, 5.74) is 0. The van der Waals surface area contributed by atoms with E-state index in [1.807, 2.05) is 13.2 Å². The first-order valence-corrected chi connectivity index (χ1v) is 10.1. The second-order valence-electron chi connectivity index (χ2n) is 5.55. The molecule has 0 radical (unpaired) electrons. The summed E-state index contributed by atoms with van der Waals surface area (Å²) in [7, 11) is 0. The van der Waals surface area contributed by atoms with Crippen LogP contribution in [-0.4, -0.2) is 43.3 Å². The number of carbonyl (C=O) groups is 2. The molecule has 0 saturated carbocycles. The van der Waals surface area contributed by atoms with Gasteiger partial charge >= 0.3 is 12.1 Å². The maximum Gasteiger partial charge on any atom is 0.407 e. The molecule has 0 bridgehead atoms. The summed E-state index contributed by atoms with van der Waals surface area (Å²) in [6, 6.07) is -0.619. The number of hydrogen-bond donors (Lipinski definition) is 1. The number of ether oxygens (including phenoxy) is 2. The molecule has 5 nitrogen and oxygen atoms in total. The average Bonchev–Trinajstić information content (AvgIpc) is 2.55. The van der Waals surface area contributed by atoms with Crippen LogP contribution >= 0.6 is 11.8 Å². The first-order valence-electron chi connectivity index (χ1n) is 8.74. The van der Waals surface area contributed by atoms with E-state index in [1.54, 1.807) is 11.8 Å². The van der Waals surface area contributed by atoms with Crippen LogP contribution in [0, 0.1) is 0 Å². The predicted molar refractivity (Wildman–Crippen MR) is 95.9 cm³/mol. The van der Waals surface area contributed by atoms with E-state index in [4.69, 9.17) is 9.47 Å². The molecule has 1 atom stereocenters. The molecule has 136 valence electrons. The van der Waals surface area contributed by atoms with E-state index in [9.17, 15) is 9.59 Å². The molecule has 0 aromatic heterocycles. The zero-order chi connectivity index (χ0) is 17.3. The van der Waals surface area contributed by atoms with Crippen molar-refractivity contribution in [1.82, 2.24) is 5.32 Å². The molecule has 0 aromatic carbocycles. The van der Waals surface area contributed by atoms with Crippen molar-refractivity contribution in [2.75, 3.05) is 25.2 Å². The van der Waals surface area contributed by atoms with Crippen molar-refractivity contribution in [3.63, 3.8) is 0 Å². The van der Waals surface area contributed by atoms with Gasteiger partial charge in [-0.2, -0.15) is 11.8 Å². The van der Waals surface area contributed by atoms with Crippen LogP contribution in [-0.2, 0) is 14.3 Å². The quantitative estimate of drug-likeness (QED) is 0.378. The second-order valence-corrected chi connectivity index (χ2v) is 6.54. The fraction of sp³-hybridized carbons (Fsp3) is 0.882. The molecule has 0 spiro atoms. The number of hydrogen-bond acceptors (Lipinski definition) is 5. The van der Waals surface area contributed by atoms with E-state index in [0.29, 0.717) is 19.6 Å². The van der Waals surface area contributed by atoms with Crippen molar-refractivity contribution < 1.29 is 19.1 Å². The highest BCUT2D eigenvalue weighted by Gasteiger charge is 2.22. The minimum Gasteiger partial charge on any atom is -0.464 e. The summed E-state index contributed by atoms with van der Waals surface area (Å²) >= 11 is 1.63. The Morgan fingerprint density at radius 1 is 0.957 bits per heavy atom. The highest BCUT2D eigenvalue weighted by Crippen LogP contribution is 2.07. The van der Waals surface area contributed by atoms with E-state index >= 15 is 0 Å². The molecule has 1 N–H and O–H groups in total. The SMILES string of the molecule is CCCCCCCCOC(=O)C(CCSC)NC(=O)OCCC. The Bertz CT molecular complexity index is 313. The molecule has 1 unspecified atom stereocenters. The van der Waals surface area contributed by atoms with Crippen molar-refractivity contribution in [1.29, 1.82) is 0 Å². The Morgan fingerprint density at radius 2 is 1.65 bits per heavy atom. The summed E-state index contributed by atoms with van der Waals surface area (Å²) in [5.74, 6) is 0.422. The largest absolute Gasteiger partial charge is 0.464 e. The molecule has 1 amide bonds. The van der Waals surface area contributed by atoms with Gasteiger partial charge in [0.2, 0.25) is 0 Å². The molecule has 0 rings (SSSR count). The maximum atomic E-state index is 12.1. The fourth-order valence-corrected chi connectivity index (χ4v) is 2.49. The molecule has 0 aliphatic rings. The van der Waals surface area contributed by atoms with Crippen molar-refractivity contribution in [2.24, 2.45) is 0 Å². The van der Waals surface area contributed by atoms with Crippen LogP contribution in [0.2, 0.25) is 0 Å². The lowest BCUT2D eigenvalue weighted by molar-refractivity contribution is -0.146. The monoisotopic (exact) mass is 347 g/mol. The zero-order valence-electron chi connectivity index (χ0n) is 14.9. The van der Waals surface area contributed by atoms with Gasteiger partial charge in [0.05, 0.1) is 13.2 Å². The number of esters is 1. The van der Waals surface area contributed by atoms with E-state index in [-0.39, 0.29) is 5.97 Å². The number of rotatable bonds is 14. The summed E-state index contributed by atoms with van der Waals surface area (Å²) in [4.78, 5) is 23.7. The third-order valence-corrected chi connectivity index (χ3v) is 4.01. The molecule has 6 heteroatoms. The van der Waals surface area contributed by atoms with Gasteiger partial charge in [-0.15, -0.1) is 0 Å². The molecular formula is C17H33NO4S. The van der Waals surface area contributed by atoms with Crippen LogP contribution in [0.3, 0.4) is 0 Å². The molecule has 0 saturated heterocycles. The Labute approximate surface area is 145 Å². The number of unbranched alkanes of at least 4 members (excludes halogenated alkanes) is 5. The standard InChI is InChI=1S/C17H33NO4S/c1-4-6-7-8-9-10-13-21-16(19)15(11-14-23-3)18-17(20)22-12-5-2/h15H,4-14H2,1-3H3,(H,18,20). The molecular weight excluding hydrogens is 314 g/mol. The summed E-state index contributed by atoms with van der Waals surface area (Å²) < 4.78 is 10.3. The Kier molecular flexibility index (Phi) is 15.3. The van der Waals surface area contributed by atoms with Gasteiger partial charge in [-0.3, -0.25) is 0 Å². The van der Waals surface area contributed by atoms with Gasteiger partial charge in [0.25, 0.3) is 0 Å². The number of amides is 1. The molecule has 0 aliphatic heterocycles. The van der Waals surface area contributed by atoms with Gasteiger partial charge < -0.3 is 14.8 Å². The van der Waals surface area contributed by atoms with E-state index in [0.717, 1.165) is 25.0 Å². The lowest BCUT2D eigenvalue weighted by atomic mass is 10.1. The molecule has 23 heavy (non-hydrogen) atoms. The maximum absolute atomic E-state index is 12.1. The number of carbonyl (C=O) groups excluding carboxylic acids is 2. The van der Waals surface area contributed by atoms with Crippen LogP contribution in [0.5, 0.6) is 0 Å². The molecule has 0 aromatic rings. The smallest absolute Gasteiger partial charge is 0.407 e. The van der Waals surface area contributed by atoms with E-state index in [1.165, 1.54) is 25.7 Å². The molecule has 0 aliphatic carbocycles. The Balaban J connectivity index is 4.01. The van der Waals surface area contributed by atoms with Crippen LogP contribution in [0.4, 0.5) is 4.79 Å². The number of nitrogens with one attached hydrogen (secondary N) is 1. The van der Waals surface area contributed by atoms with Gasteiger partial charge in [-0.25, -0.2) is 9.59 Å². The summed E-state index contributed by atoms with van der Waals surface area (Å²) in [5, 5.41) is 2.61. The van der Waals surface area contributed by atoms with Crippen molar-refractivity contribution in [3.8, 4) is 0 Å². The highest BCUT2D eigenvalue weighted by atomic mass is 32.2. The number of alkyl carbamates (subject to hydrolysis) is 1. The minimum atomic E-state index is -0.619. The van der Waals surface area contributed by atoms with Gasteiger partial charge in [0.15, 0.2) is 0 Å². The van der Waals surface area contributed by atoms with Crippen molar-refractivity contribution in [2.45, 2.75) is 71.3 Å². The van der Waals surface area contributed by atoms with Crippen LogP contribution in [0.15, 0.2) is 0 Å². The lowest BCUT2D eigenvalue weighted by Crippen LogP contribution is -2.42.